The summed E-state index contributed by atoms with van der Waals surface area (Å²) in [5.41, 5.74) is 6.89. The average molecular weight is 311 g/mol. The molecular formula is C12H15BrN4O. The second-order valence-electron chi connectivity index (χ2n) is 4.06. The number of halogens is 1. The van der Waals surface area contributed by atoms with Crippen LogP contribution in [0.15, 0.2) is 29.0 Å². The van der Waals surface area contributed by atoms with Gasteiger partial charge in [0.15, 0.2) is 5.82 Å². The number of aromatic nitrogens is 3. The lowest BCUT2D eigenvalue weighted by Gasteiger charge is -2.14. The van der Waals surface area contributed by atoms with Gasteiger partial charge in [0.1, 0.15) is 18.7 Å². The van der Waals surface area contributed by atoms with Crippen LogP contribution in [0.3, 0.4) is 0 Å². The Labute approximate surface area is 114 Å². The van der Waals surface area contributed by atoms with Gasteiger partial charge in [-0.05, 0) is 25.1 Å². The number of hydrogen-bond acceptors (Lipinski definition) is 4. The molecule has 2 aromatic rings. The van der Waals surface area contributed by atoms with E-state index in [1.54, 1.807) is 4.68 Å². The first-order valence-corrected chi connectivity index (χ1v) is 6.38. The zero-order chi connectivity index (χ0) is 13.1. The van der Waals surface area contributed by atoms with Crippen molar-refractivity contribution in [3.63, 3.8) is 0 Å². The molecule has 0 amide bonds. The van der Waals surface area contributed by atoms with E-state index in [0.717, 1.165) is 21.6 Å². The Bertz CT molecular complexity index is 539. The Morgan fingerprint density at radius 1 is 1.50 bits per heavy atom. The third kappa shape index (κ3) is 2.88. The highest BCUT2D eigenvalue weighted by Gasteiger charge is 2.10. The van der Waals surface area contributed by atoms with Gasteiger partial charge in [0.25, 0.3) is 0 Å². The number of benzene rings is 1. The molecule has 0 radical (unpaired) electrons. The Balaban J connectivity index is 2.16. The lowest BCUT2D eigenvalue weighted by atomic mass is 10.1. The van der Waals surface area contributed by atoms with Crippen molar-refractivity contribution in [3.05, 3.63) is 40.4 Å². The minimum Gasteiger partial charge on any atom is -0.485 e. The second-order valence-corrected chi connectivity index (χ2v) is 4.98. The monoisotopic (exact) mass is 310 g/mol. The first-order chi connectivity index (χ1) is 8.58. The number of nitrogens with two attached hydrogens (primary N) is 1. The van der Waals surface area contributed by atoms with Crippen LogP contribution in [-0.4, -0.2) is 14.8 Å². The summed E-state index contributed by atoms with van der Waals surface area (Å²) >= 11 is 3.43. The summed E-state index contributed by atoms with van der Waals surface area (Å²) < 4.78 is 8.43. The summed E-state index contributed by atoms with van der Waals surface area (Å²) in [5.74, 6) is 1.55. The summed E-state index contributed by atoms with van der Waals surface area (Å²) in [7, 11) is 1.83. The first kappa shape index (κ1) is 13.0. The third-order valence-electron chi connectivity index (χ3n) is 2.62. The average Bonchev–Trinajstić information content (AvgIpc) is 2.73. The Hall–Kier alpha value is -1.40. The maximum atomic E-state index is 5.93. The largest absolute Gasteiger partial charge is 0.485 e. The zero-order valence-electron chi connectivity index (χ0n) is 10.3. The van der Waals surface area contributed by atoms with Crippen molar-refractivity contribution in [2.75, 3.05) is 0 Å². The standard InChI is InChI=1S/C12H15BrN4O/c1-8(14)10-5-9(13)3-4-11(10)18-6-12-15-7-16-17(12)2/h3-5,7-8H,6,14H2,1-2H3. The van der Waals surface area contributed by atoms with Crippen molar-refractivity contribution in [3.8, 4) is 5.75 Å². The van der Waals surface area contributed by atoms with Gasteiger partial charge in [0, 0.05) is 23.1 Å². The molecule has 1 atom stereocenters. The molecule has 6 heteroatoms. The van der Waals surface area contributed by atoms with E-state index in [0.29, 0.717) is 6.61 Å². The molecule has 0 saturated heterocycles. The molecule has 0 spiro atoms. The number of hydrogen-bond donors (Lipinski definition) is 1. The van der Waals surface area contributed by atoms with E-state index in [4.69, 9.17) is 10.5 Å². The number of aryl methyl sites for hydroxylation is 1. The van der Waals surface area contributed by atoms with Crippen LogP contribution in [0.2, 0.25) is 0 Å². The molecule has 96 valence electrons. The number of rotatable bonds is 4. The molecule has 1 heterocycles. The van der Waals surface area contributed by atoms with E-state index in [1.165, 1.54) is 6.33 Å². The van der Waals surface area contributed by atoms with Crippen LogP contribution in [0, 0.1) is 0 Å². The fourth-order valence-corrected chi connectivity index (χ4v) is 1.98. The quantitative estimate of drug-likeness (QED) is 0.940. The minimum absolute atomic E-state index is 0.0861. The molecule has 1 aromatic heterocycles. The van der Waals surface area contributed by atoms with Gasteiger partial charge in [-0.2, -0.15) is 5.10 Å². The summed E-state index contributed by atoms with van der Waals surface area (Å²) in [5, 5.41) is 3.99. The van der Waals surface area contributed by atoms with E-state index in [1.807, 2.05) is 32.2 Å². The van der Waals surface area contributed by atoms with Gasteiger partial charge in [-0.1, -0.05) is 15.9 Å². The molecule has 2 N–H and O–H groups in total. The first-order valence-electron chi connectivity index (χ1n) is 5.58. The van der Waals surface area contributed by atoms with Crippen LogP contribution >= 0.6 is 15.9 Å². The van der Waals surface area contributed by atoms with Crippen molar-refractivity contribution in [2.24, 2.45) is 12.8 Å². The van der Waals surface area contributed by atoms with Crippen LogP contribution in [0.25, 0.3) is 0 Å². The fourth-order valence-electron chi connectivity index (χ4n) is 1.60. The highest BCUT2D eigenvalue weighted by molar-refractivity contribution is 9.10. The molecule has 0 saturated carbocycles. The van der Waals surface area contributed by atoms with Crippen molar-refractivity contribution in [1.82, 2.24) is 14.8 Å². The van der Waals surface area contributed by atoms with Gasteiger partial charge in [-0.3, -0.25) is 4.68 Å². The molecule has 0 fully saturated rings. The van der Waals surface area contributed by atoms with Crippen LogP contribution < -0.4 is 10.5 Å². The van der Waals surface area contributed by atoms with E-state index in [9.17, 15) is 0 Å². The molecule has 0 aliphatic heterocycles. The molecular weight excluding hydrogens is 296 g/mol. The molecule has 1 unspecified atom stereocenters. The van der Waals surface area contributed by atoms with E-state index in [2.05, 4.69) is 26.0 Å². The molecule has 0 aliphatic carbocycles. The SMILES string of the molecule is CC(N)c1cc(Br)ccc1OCc1ncnn1C. The third-order valence-corrected chi connectivity index (χ3v) is 3.12. The molecule has 1 aromatic carbocycles. The Morgan fingerprint density at radius 3 is 2.89 bits per heavy atom. The molecule has 2 rings (SSSR count). The second kappa shape index (κ2) is 5.49. The zero-order valence-corrected chi connectivity index (χ0v) is 11.9. The molecule has 0 bridgehead atoms. The highest BCUT2D eigenvalue weighted by Crippen LogP contribution is 2.27. The number of ether oxygens (including phenoxy) is 1. The van der Waals surface area contributed by atoms with Gasteiger partial charge < -0.3 is 10.5 Å². The van der Waals surface area contributed by atoms with Gasteiger partial charge in [-0.15, -0.1) is 0 Å². The Morgan fingerprint density at radius 2 is 2.28 bits per heavy atom. The normalized spacial score (nSPS) is 12.4. The fraction of sp³-hybridized carbons (Fsp3) is 0.333. The molecule has 5 nitrogen and oxygen atoms in total. The summed E-state index contributed by atoms with van der Waals surface area (Å²) in [6, 6.07) is 5.71. The maximum Gasteiger partial charge on any atom is 0.164 e. The maximum absolute atomic E-state index is 5.93. The summed E-state index contributed by atoms with van der Waals surface area (Å²) in [6.45, 7) is 2.30. The van der Waals surface area contributed by atoms with E-state index >= 15 is 0 Å². The van der Waals surface area contributed by atoms with Crippen molar-refractivity contribution in [2.45, 2.75) is 19.6 Å². The van der Waals surface area contributed by atoms with Gasteiger partial charge in [-0.25, -0.2) is 4.98 Å². The van der Waals surface area contributed by atoms with Crippen molar-refractivity contribution < 1.29 is 4.74 Å². The molecule has 18 heavy (non-hydrogen) atoms. The van der Waals surface area contributed by atoms with Crippen LogP contribution in [0.4, 0.5) is 0 Å². The Kier molecular flexibility index (Phi) is 3.98. The predicted molar refractivity (Wildman–Crippen MR) is 72.1 cm³/mol. The predicted octanol–water partition coefficient (Wildman–Crippen LogP) is 2.18. The van der Waals surface area contributed by atoms with Crippen LogP contribution in [0.5, 0.6) is 5.75 Å². The van der Waals surface area contributed by atoms with Gasteiger partial charge in [0.2, 0.25) is 0 Å². The lowest BCUT2D eigenvalue weighted by Crippen LogP contribution is -2.10. The smallest absolute Gasteiger partial charge is 0.164 e. The van der Waals surface area contributed by atoms with Gasteiger partial charge >= 0.3 is 0 Å². The van der Waals surface area contributed by atoms with Crippen LogP contribution in [-0.2, 0) is 13.7 Å². The summed E-state index contributed by atoms with van der Waals surface area (Å²) in [6.07, 6.45) is 1.51. The summed E-state index contributed by atoms with van der Waals surface area (Å²) in [4.78, 5) is 4.11. The molecule has 0 aliphatic rings. The lowest BCUT2D eigenvalue weighted by molar-refractivity contribution is 0.285. The minimum atomic E-state index is -0.0861. The van der Waals surface area contributed by atoms with Crippen LogP contribution in [0.1, 0.15) is 24.4 Å². The number of nitrogens with zero attached hydrogens (tertiary/aromatic N) is 3. The highest BCUT2D eigenvalue weighted by atomic mass is 79.9. The van der Waals surface area contributed by atoms with E-state index < -0.39 is 0 Å². The van der Waals surface area contributed by atoms with Gasteiger partial charge in [0.05, 0.1) is 0 Å². The van der Waals surface area contributed by atoms with Crippen molar-refractivity contribution >= 4 is 15.9 Å². The van der Waals surface area contributed by atoms with E-state index in [-0.39, 0.29) is 6.04 Å². The topological polar surface area (TPSA) is 66.0 Å². The van der Waals surface area contributed by atoms with Crippen molar-refractivity contribution in [1.29, 1.82) is 0 Å².